The summed E-state index contributed by atoms with van der Waals surface area (Å²) < 4.78 is 59.0. The summed E-state index contributed by atoms with van der Waals surface area (Å²) >= 11 is 6.02. The van der Waals surface area contributed by atoms with Crippen molar-refractivity contribution in [3.8, 4) is 17.2 Å². The van der Waals surface area contributed by atoms with Crippen LogP contribution in [0.1, 0.15) is 35.9 Å². The number of nitrogens with zero attached hydrogens (tertiary/aromatic N) is 13. The Morgan fingerprint density at radius 2 is 1.50 bits per heavy atom. The lowest BCUT2D eigenvalue weighted by molar-refractivity contribution is 0.0771. The average Bonchev–Trinajstić information content (AvgIpc) is 3.64. The maximum Gasteiger partial charge on any atom is 0.257 e. The van der Waals surface area contributed by atoms with Crippen molar-refractivity contribution in [2.45, 2.75) is 32.5 Å². The van der Waals surface area contributed by atoms with Gasteiger partial charge in [0.05, 0.1) is 94.4 Å². The summed E-state index contributed by atoms with van der Waals surface area (Å²) in [4.78, 5) is 43.6. The molecular weight excluding hydrogens is 1150 g/mol. The summed E-state index contributed by atoms with van der Waals surface area (Å²) in [6, 6.07) is 20.6. The number of methoxy groups -OCH3 is 3. The van der Waals surface area contributed by atoms with E-state index in [-0.39, 0.29) is 18.0 Å². The average molecular weight is 1220 g/mol. The van der Waals surface area contributed by atoms with Gasteiger partial charge in [-0.25, -0.2) is 34.0 Å². The smallest absolute Gasteiger partial charge is 0.257 e. The quantitative estimate of drug-likeness (QED) is 0.0857. The minimum Gasteiger partial charge on any atom is -0.495 e. The zero-order valence-corrected chi connectivity index (χ0v) is 51.3. The molecule has 84 heavy (non-hydrogen) atoms. The van der Waals surface area contributed by atoms with Crippen LogP contribution in [-0.4, -0.2) is 168 Å². The van der Waals surface area contributed by atoms with E-state index >= 15 is 0 Å². The normalized spacial score (nSPS) is 17.9. The highest BCUT2D eigenvalue weighted by molar-refractivity contribution is 7.71. The molecule has 3 aromatic carbocycles. The van der Waals surface area contributed by atoms with E-state index in [0.29, 0.717) is 106 Å². The van der Waals surface area contributed by atoms with E-state index in [1.807, 2.05) is 98.6 Å². The van der Waals surface area contributed by atoms with Crippen LogP contribution in [0, 0.1) is 0 Å². The highest BCUT2D eigenvalue weighted by Crippen LogP contribution is 2.46. The number of hydrogen-bond acceptors (Lipinski definition) is 19. The third-order valence-corrected chi connectivity index (χ3v) is 23.3. The van der Waals surface area contributed by atoms with Gasteiger partial charge in [0.15, 0.2) is 5.65 Å². The fraction of sp³-hybridized carbons (Fsp3) is 0.351. The van der Waals surface area contributed by atoms with Gasteiger partial charge < -0.3 is 48.8 Å². The summed E-state index contributed by atoms with van der Waals surface area (Å²) in [6.45, 7) is 11.0. The topological polar surface area (TPSA) is 255 Å². The Morgan fingerprint density at radius 1 is 0.786 bits per heavy atom. The van der Waals surface area contributed by atoms with Crippen LogP contribution in [0.2, 0.25) is 5.02 Å². The molecule has 23 nitrogen and oxygen atoms in total. The van der Waals surface area contributed by atoms with Gasteiger partial charge in [-0.3, -0.25) is 14.3 Å². The third kappa shape index (κ3) is 13.6. The molecule has 0 bridgehead atoms. The molecule has 0 radical (unpaired) electrons. The van der Waals surface area contributed by atoms with E-state index in [2.05, 4.69) is 73.1 Å². The maximum atomic E-state index is 13.0. The van der Waals surface area contributed by atoms with Gasteiger partial charge in [0.2, 0.25) is 11.9 Å². The summed E-state index contributed by atoms with van der Waals surface area (Å²) in [5, 5.41) is 20.0. The van der Waals surface area contributed by atoms with Crippen molar-refractivity contribution in [1.29, 1.82) is 0 Å². The third-order valence-electron chi connectivity index (χ3n) is 15.2. The van der Waals surface area contributed by atoms with Gasteiger partial charge >= 0.3 is 0 Å². The number of carbonyl (C=O) groups excluding carboxylic acids is 1. The van der Waals surface area contributed by atoms with E-state index in [9.17, 15) is 18.5 Å². The van der Waals surface area contributed by atoms with Crippen LogP contribution < -0.4 is 41.1 Å². The maximum absolute atomic E-state index is 13.0. The predicted octanol–water partition coefficient (Wildman–Crippen LogP) is 9.28. The fourth-order valence-electron chi connectivity index (χ4n) is 10.1. The Morgan fingerprint density at radius 3 is 2.24 bits per heavy atom. The lowest BCUT2D eigenvalue weighted by atomic mass is 10.1. The lowest BCUT2D eigenvalue weighted by Gasteiger charge is -2.30. The minimum atomic E-state index is -2.38. The Kier molecular flexibility index (Phi) is 18.2. The first-order valence-electron chi connectivity index (χ1n) is 27.5. The summed E-state index contributed by atoms with van der Waals surface area (Å²) in [5.74, 6) is 3.54. The molecule has 8 heterocycles. The molecule has 27 heteroatoms. The molecule has 4 aliphatic rings. The second-order valence-corrected chi connectivity index (χ2v) is 31.9. The number of aromatic nitrogens is 10. The molecule has 3 N–H and O–H groups in total. The van der Waals surface area contributed by atoms with Crippen molar-refractivity contribution in [3.05, 3.63) is 144 Å². The Hall–Kier alpha value is -7.67. The van der Waals surface area contributed by atoms with Crippen LogP contribution >= 0.6 is 33.0 Å². The fourth-order valence-corrected chi connectivity index (χ4v) is 15.3. The molecular formula is C57H68ClN16O7P3. The number of benzene rings is 3. The standard InChI is InChI=1S/C20H24N5O2P.C19H22N5O3P.C18H22ClN6O2P/c1-4-28(26,5-2)14-10-11-16(18(12-14)27-3)22-19-21-13-25-17-9-7-6-8-15(17)23-20(25)24-19;1-27-17-6-4-3-5-15(17)22-18-11-16-14(12-21-24(16)13-20-18)19(25)23-7-9-28(2,26)10-8-23;1-27-16-9-13(19)3-4-15(16)22-18-21-11-17-20-10-14(25(17)23-18)12-24-5-7-28(2,26)8-6-24/h6-13,15,17H,4-5H2,1-3H3,(H,22,23,24);3-6,11-13,22H,7-10H2,1-2H3;3-4,9-11H,5-8,12H2,1-2H3,(H,22,23). The number of hydrogen-bond donors (Lipinski definition) is 3. The van der Waals surface area contributed by atoms with Crippen molar-refractivity contribution >= 4 is 90.2 Å². The van der Waals surface area contributed by atoms with Gasteiger partial charge in [0.1, 0.15) is 48.6 Å². The largest absolute Gasteiger partial charge is 0.495 e. The summed E-state index contributed by atoms with van der Waals surface area (Å²) in [5.41, 5.74) is 5.31. The van der Waals surface area contributed by atoms with Crippen molar-refractivity contribution in [2.24, 2.45) is 4.99 Å². The monoisotopic (exact) mass is 1220 g/mol. The zero-order chi connectivity index (χ0) is 59.2. The Bertz CT molecular complexity index is 3990. The molecule has 0 saturated carbocycles. The number of fused-ring (bicyclic) bond motifs is 5. The number of imidazole rings is 1. The molecule has 1 amide bonds. The van der Waals surface area contributed by atoms with Crippen LogP contribution in [0.25, 0.3) is 11.2 Å². The summed E-state index contributed by atoms with van der Waals surface area (Å²) in [6.07, 6.45) is 20.6. The molecule has 12 rings (SSSR count). The molecule has 0 spiro atoms. The number of nitrogens with one attached hydrogen (secondary N) is 3. The first kappa shape index (κ1) is 59.5. The molecule has 2 atom stereocenters. The van der Waals surface area contributed by atoms with Gasteiger partial charge in [-0.15, -0.1) is 5.10 Å². The number of ether oxygens (including phenoxy) is 3. The number of anilines is 5. The molecule has 2 fully saturated rings. The number of amides is 1. The number of carbonyl (C=O) groups is 1. The second kappa shape index (κ2) is 25.7. The number of halogens is 1. The first-order valence-corrected chi connectivity index (χ1v) is 35.0. The van der Waals surface area contributed by atoms with E-state index in [1.54, 1.807) is 78.5 Å². The van der Waals surface area contributed by atoms with E-state index in [4.69, 9.17) is 25.8 Å². The summed E-state index contributed by atoms with van der Waals surface area (Å²) in [7, 11) is -1.63. The molecule has 1 aliphatic carbocycles. The van der Waals surface area contributed by atoms with Gasteiger partial charge in [-0.2, -0.15) is 10.1 Å². The van der Waals surface area contributed by atoms with E-state index < -0.39 is 21.4 Å². The van der Waals surface area contributed by atoms with Crippen LogP contribution in [0.5, 0.6) is 17.2 Å². The van der Waals surface area contributed by atoms with Crippen molar-refractivity contribution < 1.29 is 32.7 Å². The Balaban J connectivity index is 0.000000140. The lowest BCUT2D eigenvalue weighted by Crippen LogP contribution is -2.39. The van der Waals surface area contributed by atoms with Crippen LogP contribution in [-0.2, 0) is 20.2 Å². The second-order valence-electron chi connectivity index (χ2n) is 20.9. The molecule has 2 saturated heterocycles. The van der Waals surface area contributed by atoms with Gasteiger partial charge in [-0.05, 0) is 55.8 Å². The highest BCUT2D eigenvalue weighted by Gasteiger charge is 2.31. The predicted molar refractivity (Wildman–Crippen MR) is 330 cm³/mol. The number of allylic oxidation sites excluding steroid dienone is 2. The van der Waals surface area contributed by atoms with Crippen molar-refractivity contribution in [1.82, 2.24) is 58.5 Å². The number of rotatable bonds is 14. The van der Waals surface area contributed by atoms with E-state index in [0.717, 1.165) is 53.7 Å². The van der Waals surface area contributed by atoms with Gasteiger partial charge in [0, 0.05) is 92.2 Å². The van der Waals surface area contributed by atoms with Crippen LogP contribution in [0.3, 0.4) is 0 Å². The molecule has 440 valence electrons. The van der Waals surface area contributed by atoms with Crippen LogP contribution in [0.15, 0.2) is 127 Å². The van der Waals surface area contributed by atoms with Gasteiger partial charge in [0.25, 0.3) is 11.5 Å². The zero-order valence-electron chi connectivity index (χ0n) is 47.9. The first-order chi connectivity index (χ1) is 40.5. The molecule has 5 aromatic heterocycles. The van der Waals surface area contributed by atoms with Crippen molar-refractivity contribution in [3.63, 3.8) is 0 Å². The number of para-hydroxylation sites is 2. The SMILES string of the molecule is CCP(=O)(CC)c1ccc(N=c2ncn3c(n2)NC2C=CC=CC23)c(OC)c1.COc1cc(Cl)ccc1Nc1ncc2ncc(CN3CCP(C)(=O)CC3)n2n1.COc1ccccc1Nc1cc2c(C(=O)N3CCP(C)(=O)CC3)cnn2cn1. The molecule has 3 aliphatic heterocycles. The van der Waals surface area contributed by atoms with E-state index in [1.165, 1.54) is 0 Å². The van der Waals surface area contributed by atoms with Crippen molar-refractivity contribution in [2.75, 3.05) is 114 Å². The molecule has 2 unspecified atom stereocenters. The minimum absolute atomic E-state index is 0.0934. The van der Waals surface area contributed by atoms with Crippen LogP contribution in [0.4, 0.5) is 34.8 Å². The van der Waals surface area contributed by atoms with Gasteiger partial charge in [-0.1, -0.05) is 61.9 Å². The highest BCUT2D eigenvalue weighted by atomic mass is 35.5. The molecule has 8 aromatic rings. The Labute approximate surface area is 491 Å².